The maximum Gasteiger partial charge on any atom is 0.338 e. The number of amides is 2. The maximum atomic E-state index is 13.4. The third kappa shape index (κ3) is 8.88. The van der Waals surface area contributed by atoms with Gasteiger partial charge in [0, 0.05) is 0 Å². The number of likely N-dealkylation sites (tertiary alicyclic amines) is 1. The van der Waals surface area contributed by atoms with E-state index in [2.05, 4.69) is 0 Å². The van der Waals surface area contributed by atoms with E-state index in [1.165, 1.54) is 0 Å². The van der Waals surface area contributed by atoms with Crippen LogP contribution in [0, 0.1) is 5.92 Å². The molecular formula is C36H39NO8. The second-order valence-corrected chi connectivity index (χ2v) is 13.0. The standard InChI is InChI=1S/C36H39NO8/c1-35(2,3)44-32(40)26-17-15-24(16-18-26)22-43-34(42)30-28(20-23-11-8-7-9-12-23)31(39)37(30)29(38)21-25-13-10-14-27(19-25)33(41)45-36(4,5)6/h7-19,28,30H,20-22H2,1-6H3/t28-,30-/m0/s1. The van der Waals surface area contributed by atoms with Crippen LogP contribution in [-0.4, -0.2) is 51.9 Å². The molecule has 2 amide bonds. The lowest BCUT2D eigenvalue weighted by molar-refractivity contribution is -0.180. The topological polar surface area (TPSA) is 116 Å². The number of imide groups is 1. The lowest BCUT2D eigenvalue weighted by atomic mass is 9.81. The van der Waals surface area contributed by atoms with Gasteiger partial charge in [-0.05, 0) is 88.9 Å². The molecular weight excluding hydrogens is 574 g/mol. The number of carbonyl (C=O) groups is 5. The molecule has 0 saturated carbocycles. The molecule has 0 N–H and O–H groups in total. The Morgan fingerprint density at radius 1 is 0.689 bits per heavy atom. The lowest BCUT2D eigenvalue weighted by Gasteiger charge is -2.44. The van der Waals surface area contributed by atoms with Gasteiger partial charge in [-0.1, -0.05) is 54.6 Å². The monoisotopic (exact) mass is 613 g/mol. The van der Waals surface area contributed by atoms with Gasteiger partial charge in [0.1, 0.15) is 23.9 Å². The van der Waals surface area contributed by atoms with E-state index in [0.717, 1.165) is 10.5 Å². The Bertz CT molecular complexity index is 1570. The fourth-order valence-electron chi connectivity index (χ4n) is 4.88. The van der Waals surface area contributed by atoms with Gasteiger partial charge in [-0.15, -0.1) is 0 Å². The van der Waals surface area contributed by atoms with Crippen LogP contribution in [0.2, 0.25) is 0 Å². The first-order valence-corrected chi connectivity index (χ1v) is 14.8. The summed E-state index contributed by atoms with van der Waals surface area (Å²) in [7, 11) is 0. The number of hydrogen-bond acceptors (Lipinski definition) is 8. The molecule has 9 heteroatoms. The van der Waals surface area contributed by atoms with Gasteiger partial charge in [0.05, 0.1) is 23.5 Å². The second kappa shape index (κ2) is 13.5. The molecule has 4 rings (SSSR count). The SMILES string of the molecule is CC(C)(C)OC(=O)c1ccc(COC(=O)[C@@H]2[C@H](Cc3ccccc3)C(=O)N2C(=O)Cc2cccc(C(=O)OC(C)(C)C)c2)cc1. The zero-order valence-electron chi connectivity index (χ0n) is 26.5. The maximum absolute atomic E-state index is 13.4. The molecule has 0 unspecified atom stereocenters. The molecule has 0 bridgehead atoms. The van der Waals surface area contributed by atoms with Crippen molar-refractivity contribution in [3.63, 3.8) is 0 Å². The lowest BCUT2D eigenvalue weighted by Crippen LogP contribution is -2.67. The highest BCUT2D eigenvalue weighted by Crippen LogP contribution is 2.32. The molecule has 45 heavy (non-hydrogen) atoms. The van der Waals surface area contributed by atoms with Crippen molar-refractivity contribution in [3.8, 4) is 0 Å². The Kier molecular flexibility index (Phi) is 9.91. The van der Waals surface area contributed by atoms with Crippen LogP contribution >= 0.6 is 0 Å². The van der Waals surface area contributed by atoms with E-state index in [4.69, 9.17) is 14.2 Å². The van der Waals surface area contributed by atoms with Crippen molar-refractivity contribution in [2.45, 2.75) is 78.2 Å². The summed E-state index contributed by atoms with van der Waals surface area (Å²) < 4.78 is 16.4. The van der Waals surface area contributed by atoms with Crippen LogP contribution in [0.5, 0.6) is 0 Å². The summed E-state index contributed by atoms with van der Waals surface area (Å²) in [4.78, 5) is 66.0. The second-order valence-electron chi connectivity index (χ2n) is 13.0. The van der Waals surface area contributed by atoms with E-state index in [-0.39, 0.29) is 25.0 Å². The molecule has 1 fully saturated rings. The van der Waals surface area contributed by atoms with Gasteiger partial charge in [-0.25, -0.2) is 14.4 Å². The molecule has 2 atom stereocenters. The average Bonchev–Trinajstić information content (AvgIpc) is 2.96. The summed E-state index contributed by atoms with van der Waals surface area (Å²) >= 11 is 0. The van der Waals surface area contributed by atoms with E-state index >= 15 is 0 Å². The van der Waals surface area contributed by atoms with Crippen LogP contribution in [0.15, 0.2) is 78.9 Å². The number of ether oxygens (including phenoxy) is 3. The molecule has 1 heterocycles. The van der Waals surface area contributed by atoms with Crippen molar-refractivity contribution < 1.29 is 38.2 Å². The van der Waals surface area contributed by atoms with Crippen LogP contribution in [0.4, 0.5) is 0 Å². The van der Waals surface area contributed by atoms with E-state index < -0.39 is 52.9 Å². The van der Waals surface area contributed by atoms with Crippen LogP contribution in [-0.2, 0) is 48.0 Å². The van der Waals surface area contributed by atoms with E-state index in [1.807, 2.05) is 30.3 Å². The zero-order valence-corrected chi connectivity index (χ0v) is 26.5. The highest BCUT2D eigenvalue weighted by atomic mass is 16.6. The van der Waals surface area contributed by atoms with Gasteiger partial charge in [-0.2, -0.15) is 0 Å². The summed E-state index contributed by atoms with van der Waals surface area (Å²) in [6.07, 6.45) is 0.0677. The smallest absolute Gasteiger partial charge is 0.338 e. The number of hydrogen-bond donors (Lipinski definition) is 0. The molecule has 9 nitrogen and oxygen atoms in total. The molecule has 1 aliphatic heterocycles. The molecule has 0 aliphatic carbocycles. The summed E-state index contributed by atoms with van der Waals surface area (Å²) in [6, 6.07) is 21.1. The fraction of sp³-hybridized carbons (Fsp3) is 0.361. The fourth-order valence-corrected chi connectivity index (χ4v) is 4.88. The number of β-lactam (4-membered cyclic amide) rings is 1. The molecule has 3 aromatic rings. The first-order chi connectivity index (χ1) is 21.1. The van der Waals surface area contributed by atoms with E-state index in [9.17, 15) is 24.0 Å². The van der Waals surface area contributed by atoms with Crippen molar-refractivity contribution in [2.24, 2.45) is 5.92 Å². The average molecular weight is 614 g/mol. The van der Waals surface area contributed by atoms with Gasteiger partial charge in [-0.3, -0.25) is 14.5 Å². The van der Waals surface area contributed by atoms with Crippen molar-refractivity contribution in [1.29, 1.82) is 0 Å². The van der Waals surface area contributed by atoms with Gasteiger partial charge < -0.3 is 14.2 Å². The number of nitrogens with zero attached hydrogens (tertiary/aromatic N) is 1. The molecule has 0 spiro atoms. The highest BCUT2D eigenvalue weighted by molar-refractivity contribution is 6.09. The van der Waals surface area contributed by atoms with Crippen molar-refractivity contribution in [1.82, 2.24) is 4.90 Å². The third-order valence-electron chi connectivity index (χ3n) is 6.91. The normalized spacial score (nSPS) is 16.4. The number of rotatable bonds is 9. The van der Waals surface area contributed by atoms with Gasteiger partial charge in [0.25, 0.3) is 0 Å². The Balaban J connectivity index is 1.47. The molecule has 236 valence electrons. The summed E-state index contributed by atoms with van der Waals surface area (Å²) in [5, 5.41) is 0. The molecule has 1 aliphatic rings. The summed E-state index contributed by atoms with van der Waals surface area (Å²) in [6.45, 7) is 10.5. The van der Waals surface area contributed by atoms with Gasteiger partial charge in [0.15, 0.2) is 0 Å². The Hall–Kier alpha value is -4.79. The molecule has 0 aromatic heterocycles. The van der Waals surface area contributed by atoms with Crippen LogP contribution in [0.3, 0.4) is 0 Å². The van der Waals surface area contributed by atoms with Crippen LogP contribution in [0.25, 0.3) is 0 Å². The van der Waals surface area contributed by atoms with E-state index in [1.54, 1.807) is 90.1 Å². The number of carbonyl (C=O) groups excluding carboxylic acids is 5. The predicted octanol–water partition coefficient (Wildman–Crippen LogP) is 5.48. The Morgan fingerprint density at radius 3 is 1.87 bits per heavy atom. The largest absolute Gasteiger partial charge is 0.459 e. The predicted molar refractivity (Wildman–Crippen MR) is 166 cm³/mol. The first kappa shape index (κ1) is 33.1. The minimum atomic E-state index is -1.11. The third-order valence-corrected chi connectivity index (χ3v) is 6.91. The van der Waals surface area contributed by atoms with Crippen molar-refractivity contribution in [3.05, 3.63) is 107 Å². The van der Waals surface area contributed by atoms with Crippen molar-refractivity contribution in [2.75, 3.05) is 0 Å². The number of esters is 3. The minimum Gasteiger partial charge on any atom is -0.459 e. The van der Waals surface area contributed by atoms with Gasteiger partial charge in [0.2, 0.25) is 11.8 Å². The van der Waals surface area contributed by atoms with Crippen LogP contribution in [0.1, 0.15) is 78.9 Å². The van der Waals surface area contributed by atoms with Crippen molar-refractivity contribution >= 4 is 29.7 Å². The van der Waals surface area contributed by atoms with Gasteiger partial charge >= 0.3 is 17.9 Å². The van der Waals surface area contributed by atoms with E-state index in [0.29, 0.717) is 16.7 Å². The van der Waals surface area contributed by atoms with Crippen LogP contribution < -0.4 is 0 Å². The Morgan fingerprint density at radius 2 is 1.27 bits per heavy atom. The molecule has 1 saturated heterocycles. The Labute approximate surface area is 263 Å². The number of benzene rings is 3. The quantitative estimate of drug-likeness (QED) is 0.177. The molecule has 3 aromatic carbocycles. The minimum absolute atomic E-state index is 0.115. The highest BCUT2D eigenvalue weighted by Gasteiger charge is 2.54. The summed E-state index contributed by atoms with van der Waals surface area (Å²) in [5.41, 5.74) is 1.29. The molecule has 0 radical (unpaired) electrons. The zero-order chi connectivity index (χ0) is 32.9. The first-order valence-electron chi connectivity index (χ1n) is 14.8. The summed E-state index contributed by atoms with van der Waals surface area (Å²) in [5.74, 6) is -3.51.